The van der Waals surface area contributed by atoms with E-state index in [1.807, 2.05) is 49.4 Å². The van der Waals surface area contributed by atoms with Crippen LogP contribution in [0, 0.1) is 5.41 Å². The maximum absolute atomic E-state index is 12.4. The Hall–Kier alpha value is -2.33. The largest absolute Gasteiger partial charge is 0.457 e. The molecule has 0 saturated carbocycles. The van der Waals surface area contributed by atoms with Gasteiger partial charge in [0.15, 0.2) is 0 Å². The summed E-state index contributed by atoms with van der Waals surface area (Å²) < 4.78 is 5.94. The number of piperidine rings is 1. The summed E-state index contributed by atoms with van der Waals surface area (Å²) >= 11 is 0. The molecule has 2 aromatic rings. The Kier molecular flexibility index (Phi) is 5.94. The van der Waals surface area contributed by atoms with Crippen LogP contribution in [0.5, 0.6) is 11.5 Å². The molecular weight excluding hydrogens is 324 g/mol. The van der Waals surface area contributed by atoms with Crippen LogP contribution in [-0.2, 0) is 11.3 Å². The molecule has 1 fully saturated rings. The van der Waals surface area contributed by atoms with Crippen LogP contribution in [0.3, 0.4) is 0 Å². The van der Waals surface area contributed by atoms with Gasteiger partial charge in [0.25, 0.3) is 0 Å². The van der Waals surface area contributed by atoms with Crippen LogP contribution in [0.1, 0.15) is 32.3 Å². The van der Waals surface area contributed by atoms with E-state index in [0.717, 1.165) is 44.0 Å². The van der Waals surface area contributed by atoms with Crippen LogP contribution in [0.25, 0.3) is 0 Å². The van der Waals surface area contributed by atoms with Crippen LogP contribution in [-0.4, -0.2) is 30.4 Å². The molecule has 0 aromatic heterocycles. The lowest BCUT2D eigenvalue weighted by Gasteiger charge is -2.39. The number of carbonyl (C=O) groups is 1. The van der Waals surface area contributed by atoms with Crippen LogP contribution < -0.4 is 10.1 Å². The van der Waals surface area contributed by atoms with E-state index >= 15 is 0 Å². The van der Waals surface area contributed by atoms with Crippen molar-refractivity contribution in [3.8, 4) is 11.5 Å². The van der Waals surface area contributed by atoms with Gasteiger partial charge in [0.2, 0.25) is 5.91 Å². The Bertz CT molecular complexity index is 732. The summed E-state index contributed by atoms with van der Waals surface area (Å²) in [6.45, 7) is 7.40. The third-order valence-electron chi connectivity index (χ3n) is 4.94. The maximum Gasteiger partial charge on any atom is 0.227 e. The van der Waals surface area contributed by atoms with E-state index in [0.29, 0.717) is 6.54 Å². The number of rotatable bonds is 6. The second-order valence-corrected chi connectivity index (χ2v) is 7.30. The Morgan fingerprint density at radius 1 is 1.15 bits per heavy atom. The number of hydrogen-bond acceptors (Lipinski definition) is 3. The van der Waals surface area contributed by atoms with Gasteiger partial charge >= 0.3 is 0 Å². The van der Waals surface area contributed by atoms with Gasteiger partial charge in [0, 0.05) is 19.6 Å². The van der Waals surface area contributed by atoms with Crippen molar-refractivity contribution in [3.63, 3.8) is 0 Å². The van der Waals surface area contributed by atoms with Gasteiger partial charge in [-0.2, -0.15) is 0 Å². The van der Waals surface area contributed by atoms with Gasteiger partial charge in [0.05, 0.1) is 5.41 Å². The number of nitrogens with zero attached hydrogens (tertiary/aromatic N) is 1. The summed E-state index contributed by atoms with van der Waals surface area (Å²) in [4.78, 5) is 14.8. The molecule has 138 valence electrons. The van der Waals surface area contributed by atoms with E-state index in [1.165, 1.54) is 5.56 Å². The number of amides is 1. The summed E-state index contributed by atoms with van der Waals surface area (Å²) in [5.74, 6) is 1.86. The number of likely N-dealkylation sites (tertiary alicyclic amines) is 1. The van der Waals surface area contributed by atoms with E-state index < -0.39 is 0 Å². The first-order chi connectivity index (χ1) is 12.6. The van der Waals surface area contributed by atoms with Crippen molar-refractivity contribution in [1.29, 1.82) is 0 Å². The van der Waals surface area contributed by atoms with E-state index in [1.54, 1.807) is 0 Å². The number of para-hydroxylation sites is 1. The lowest BCUT2D eigenvalue weighted by molar-refractivity contribution is -0.133. The summed E-state index contributed by atoms with van der Waals surface area (Å²) in [5, 5.41) is 2.99. The molecule has 2 aromatic carbocycles. The van der Waals surface area contributed by atoms with E-state index in [2.05, 4.69) is 29.3 Å². The summed E-state index contributed by atoms with van der Waals surface area (Å²) in [6, 6.07) is 18.0. The Balaban J connectivity index is 1.65. The minimum absolute atomic E-state index is 0.172. The molecule has 1 N–H and O–H groups in total. The molecule has 1 aliphatic rings. The molecule has 1 aliphatic heterocycles. The third kappa shape index (κ3) is 4.64. The zero-order chi connectivity index (χ0) is 18.4. The average Bonchev–Trinajstić information content (AvgIpc) is 2.63. The van der Waals surface area contributed by atoms with Gasteiger partial charge in [-0.1, -0.05) is 30.3 Å². The molecule has 0 radical (unpaired) electrons. The zero-order valence-corrected chi connectivity index (χ0v) is 15.7. The fourth-order valence-corrected chi connectivity index (χ4v) is 3.63. The lowest BCUT2D eigenvalue weighted by Crippen LogP contribution is -2.50. The van der Waals surface area contributed by atoms with Gasteiger partial charge in [0.1, 0.15) is 11.5 Å². The quantitative estimate of drug-likeness (QED) is 0.846. The van der Waals surface area contributed by atoms with Crippen molar-refractivity contribution in [2.45, 2.75) is 33.2 Å². The highest BCUT2D eigenvalue weighted by Crippen LogP contribution is 2.31. The summed E-state index contributed by atoms with van der Waals surface area (Å²) in [6.07, 6.45) is 2.00. The van der Waals surface area contributed by atoms with E-state index in [4.69, 9.17) is 4.74 Å². The topological polar surface area (TPSA) is 41.6 Å². The smallest absolute Gasteiger partial charge is 0.227 e. The Morgan fingerprint density at radius 3 is 2.69 bits per heavy atom. The highest BCUT2D eigenvalue weighted by atomic mass is 16.5. The molecule has 0 aliphatic carbocycles. The third-order valence-corrected chi connectivity index (χ3v) is 4.94. The zero-order valence-electron chi connectivity index (χ0n) is 15.7. The predicted molar refractivity (Wildman–Crippen MR) is 104 cm³/mol. The second kappa shape index (κ2) is 8.37. The van der Waals surface area contributed by atoms with Gasteiger partial charge < -0.3 is 10.1 Å². The van der Waals surface area contributed by atoms with Gasteiger partial charge in [-0.25, -0.2) is 0 Å². The number of ether oxygens (including phenoxy) is 1. The molecule has 1 atom stereocenters. The molecule has 1 amide bonds. The molecule has 0 spiro atoms. The Morgan fingerprint density at radius 2 is 1.92 bits per heavy atom. The molecule has 3 rings (SSSR count). The second-order valence-electron chi connectivity index (χ2n) is 7.30. The van der Waals surface area contributed by atoms with Crippen molar-refractivity contribution >= 4 is 5.91 Å². The van der Waals surface area contributed by atoms with Crippen molar-refractivity contribution in [1.82, 2.24) is 10.2 Å². The van der Waals surface area contributed by atoms with Gasteiger partial charge in [-0.15, -0.1) is 0 Å². The molecule has 4 nitrogen and oxygen atoms in total. The minimum atomic E-state index is -0.299. The average molecular weight is 352 g/mol. The fraction of sp³-hybridized carbons (Fsp3) is 0.409. The van der Waals surface area contributed by atoms with Crippen LogP contribution in [0.15, 0.2) is 54.6 Å². The lowest BCUT2D eigenvalue weighted by atomic mass is 9.81. The molecule has 0 bridgehead atoms. The van der Waals surface area contributed by atoms with Crippen molar-refractivity contribution < 1.29 is 9.53 Å². The predicted octanol–water partition coefficient (Wildman–Crippen LogP) is 4.22. The fourth-order valence-electron chi connectivity index (χ4n) is 3.63. The SMILES string of the molecule is CCNC(=O)C1(C)CCCN(Cc2cccc(Oc3ccccc3)c2)C1. The first-order valence-electron chi connectivity index (χ1n) is 9.41. The van der Waals surface area contributed by atoms with Gasteiger partial charge in [-0.3, -0.25) is 9.69 Å². The molecule has 1 unspecified atom stereocenters. The maximum atomic E-state index is 12.4. The van der Waals surface area contributed by atoms with Crippen LogP contribution >= 0.6 is 0 Å². The van der Waals surface area contributed by atoms with E-state index in [-0.39, 0.29) is 11.3 Å². The Labute approximate surface area is 156 Å². The van der Waals surface area contributed by atoms with Crippen molar-refractivity contribution in [2.75, 3.05) is 19.6 Å². The highest BCUT2D eigenvalue weighted by molar-refractivity contribution is 5.82. The van der Waals surface area contributed by atoms with Crippen molar-refractivity contribution in [3.05, 3.63) is 60.2 Å². The molecular formula is C22H28N2O2. The van der Waals surface area contributed by atoms with Crippen molar-refractivity contribution in [2.24, 2.45) is 5.41 Å². The summed E-state index contributed by atoms with van der Waals surface area (Å²) in [7, 11) is 0. The molecule has 1 saturated heterocycles. The number of hydrogen-bond donors (Lipinski definition) is 1. The number of nitrogens with one attached hydrogen (secondary N) is 1. The first-order valence-corrected chi connectivity index (χ1v) is 9.41. The van der Waals surface area contributed by atoms with E-state index in [9.17, 15) is 4.79 Å². The standard InChI is InChI=1S/C22H28N2O2/c1-3-23-21(25)22(2)13-8-14-24(17-22)16-18-9-7-12-20(15-18)26-19-10-5-4-6-11-19/h4-7,9-12,15H,3,8,13-14,16-17H2,1-2H3,(H,23,25). The first kappa shape index (κ1) is 18.5. The number of carbonyl (C=O) groups excluding carboxylic acids is 1. The van der Waals surface area contributed by atoms with Crippen LogP contribution in [0.4, 0.5) is 0 Å². The van der Waals surface area contributed by atoms with Crippen LogP contribution in [0.2, 0.25) is 0 Å². The van der Waals surface area contributed by atoms with Gasteiger partial charge in [-0.05, 0) is 63.1 Å². The monoisotopic (exact) mass is 352 g/mol. The minimum Gasteiger partial charge on any atom is -0.457 e. The summed E-state index contributed by atoms with van der Waals surface area (Å²) in [5.41, 5.74) is 0.908. The molecule has 26 heavy (non-hydrogen) atoms. The highest BCUT2D eigenvalue weighted by Gasteiger charge is 2.37. The molecule has 1 heterocycles. The number of benzene rings is 2. The normalized spacial score (nSPS) is 20.5. The molecule has 4 heteroatoms.